The maximum absolute atomic E-state index is 9.25. The van der Waals surface area contributed by atoms with Gasteiger partial charge in [-0.2, -0.15) is 0 Å². The van der Waals surface area contributed by atoms with E-state index in [0.717, 1.165) is 0 Å². The van der Waals surface area contributed by atoms with Crippen molar-refractivity contribution in [2.24, 2.45) is 5.16 Å². The van der Waals surface area contributed by atoms with E-state index in [9.17, 15) is 4.79 Å². The summed E-state index contributed by atoms with van der Waals surface area (Å²) in [6, 6.07) is 0. The Labute approximate surface area is 33.7 Å². The Bertz CT molecular complexity index is 76.9. The van der Waals surface area contributed by atoms with E-state index in [1.807, 2.05) is 5.16 Å². The Morgan fingerprint density at radius 1 is 2.00 bits per heavy atom. The topological polar surface area (TPSA) is 72.7 Å². The van der Waals surface area contributed by atoms with Crippen molar-refractivity contribution < 1.29 is 9.90 Å². The standard InChI is InChI=1S/C2H3NO3/c4-2(5)1-3-6/h1,6H,(H,4,5)/p-1/b3-1+. The molecule has 34 valence electrons. The molecule has 0 saturated carbocycles. The summed E-state index contributed by atoms with van der Waals surface area (Å²) >= 11 is 0. The molecule has 4 nitrogen and oxygen atoms in total. The molecular formula is C2H2NO3-. The van der Waals surface area contributed by atoms with E-state index in [0.29, 0.717) is 0 Å². The van der Waals surface area contributed by atoms with Crippen molar-refractivity contribution >= 4 is 12.2 Å². The minimum Gasteiger partial charge on any atom is -0.792 e. The summed E-state index contributed by atoms with van der Waals surface area (Å²) in [5, 5.41) is 18.5. The van der Waals surface area contributed by atoms with Crippen LogP contribution in [-0.2, 0) is 4.79 Å². The molecule has 6 heavy (non-hydrogen) atoms. The van der Waals surface area contributed by atoms with Crippen LogP contribution in [0.3, 0.4) is 0 Å². The van der Waals surface area contributed by atoms with Crippen LogP contribution in [0.5, 0.6) is 0 Å². The molecule has 0 heterocycles. The molecule has 0 rings (SSSR count). The molecule has 0 atom stereocenters. The number of carboxylic acid groups (broad SMARTS) is 1. The summed E-state index contributed by atoms with van der Waals surface area (Å²) in [5.74, 6) is -1.31. The third kappa shape index (κ3) is 2.94. The van der Waals surface area contributed by atoms with Crippen LogP contribution in [0.1, 0.15) is 0 Å². The molecule has 0 fully saturated rings. The number of aliphatic carboxylic acids is 1. The molecule has 0 amide bonds. The molecule has 0 bridgehead atoms. The monoisotopic (exact) mass is 88.0 g/mol. The second kappa shape index (κ2) is 2.19. The first-order chi connectivity index (χ1) is 2.77. The highest BCUT2D eigenvalue weighted by atomic mass is 16.4. The van der Waals surface area contributed by atoms with E-state index in [1.54, 1.807) is 0 Å². The molecule has 0 spiro atoms. The van der Waals surface area contributed by atoms with Crippen LogP contribution in [0.4, 0.5) is 0 Å². The number of carboxylic acids is 1. The van der Waals surface area contributed by atoms with Gasteiger partial charge in [0, 0.05) is 0 Å². The highest BCUT2D eigenvalue weighted by Gasteiger charge is 1.77. The van der Waals surface area contributed by atoms with Gasteiger partial charge in [-0.25, -0.2) is 4.79 Å². The Kier molecular flexibility index (Phi) is 1.81. The number of rotatable bonds is 1. The molecule has 0 aliphatic rings. The average molecular weight is 88.0 g/mol. The first-order valence-electron chi connectivity index (χ1n) is 1.16. The number of hydrogen-bond donors (Lipinski definition) is 1. The van der Waals surface area contributed by atoms with E-state index in [2.05, 4.69) is 0 Å². The van der Waals surface area contributed by atoms with Crippen LogP contribution in [0.25, 0.3) is 0 Å². The van der Waals surface area contributed by atoms with Crippen LogP contribution < -0.4 is 0 Å². The van der Waals surface area contributed by atoms with E-state index in [4.69, 9.17) is 10.3 Å². The average Bonchev–Trinajstić information content (AvgIpc) is 1.35. The first-order valence-corrected chi connectivity index (χ1v) is 1.16. The summed E-state index contributed by atoms with van der Waals surface area (Å²) in [6.07, 6.45) is 0.278. The Balaban J connectivity index is 3.30. The van der Waals surface area contributed by atoms with Crippen molar-refractivity contribution in [3.05, 3.63) is 5.21 Å². The molecule has 1 N–H and O–H groups in total. The molecule has 0 radical (unpaired) electrons. The van der Waals surface area contributed by atoms with Gasteiger partial charge in [0.2, 0.25) is 0 Å². The van der Waals surface area contributed by atoms with Gasteiger partial charge in [-0.3, -0.25) is 0 Å². The normalized spacial score (nSPS) is 9.33. The van der Waals surface area contributed by atoms with Crippen molar-refractivity contribution in [3.63, 3.8) is 0 Å². The van der Waals surface area contributed by atoms with Crippen molar-refractivity contribution in [2.75, 3.05) is 0 Å². The molecule has 0 aromatic heterocycles. The van der Waals surface area contributed by atoms with Gasteiger partial charge in [-0.15, -0.1) is 0 Å². The lowest BCUT2D eigenvalue weighted by atomic mass is 10.8. The predicted molar refractivity (Wildman–Crippen MR) is 19.5 cm³/mol. The number of carbonyl (C=O) groups is 1. The van der Waals surface area contributed by atoms with E-state index < -0.39 is 5.97 Å². The van der Waals surface area contributed by atoms with Gasteiger partial charge in [0.1, 0.15) is 6.21 Å². The summed E-state index contributed by atoms with van der Waals surface area (Å²) < 4.78 is 0. The smallest absolute Gasteiger partial charge is 0.346 e. The van der Waals surface area contributed by atoms with Gasteiger partial charge in [-0.05, 0) is 0 Å². The molecule has 0 saturated heterocycles. The van der Waals surface area contributed by atoms with E-state index in [-0.39, 0.29) is 6.21 Å². The SMILES string of the molecule is O=C(O)/C=N/[O-]. The van der Waals surface area contributed by atoms with Gasteiger partial charge in [-0.1, -0.05) is 0 Å². The summed E-state index contributed by atoms with van der Waals surface area (Å²) in [6.45, 7) is 0. The number of hydrogen-bond acceptors (Lipinski definition) is 3. The first kappa shape index (κ1) is 4.94. The zero-order chi connectivity index (χ0) is 4.99. The largest absolute Gasteiger partial charge is 0.792 e. The van der Waals surface area contributed by atoms with Crippen molar-refractivity contribution in [3.8, 4) is 0 Å². The van der Waals surface area contributed by atoms with Crippen LogP contribution in [0.15, 0.2) is 5.16 Å². The van der Waals surface area contributed by atoms with Gasteiger partial charge < -0.3 is 15.5 Å². The lowest BCUT2D eigenvalue weighted by Crippen LogP contribution is -1.92. The van der Waals surface area contributed by atoms with Gasteiger partial charge in [0.15, 0.2) is 0 Å². The molecule has 4 heteroatoms. The fraction of sp³-hybridized carbons (Fsp3) is 0. The lowest BCUT2D eigenvalue weighted by molar-refractivity contribution is -0.128. The minimum absolute atomic E-state index is 0.278. The lowest BCUT2D eigenvalue weighted by Gasteiger charge is -1.81. The highest BCUT2D eigenvalue weighted by molar-refractivity contribution is 6.22. The summed E-state index contributed by atoms with van der Waals surface area (Å²) in [5.41, 5.74) is 0. The van der Waals surface area contributed by atoms with Crippen LogP contribution in [-0.4, -0.2) is 17.3 Å². The quantitative estimate of drug-likeness (QED) is 0.351. The Morgan fingerprint density at radius 3 is 2.50 bits per heavy atom. The van der Waals surface area contributed by atoms with E-state index >= 15 is 0 Å². The van der Waals surface area contributed by atoms with E-state index in [1.165, 1.54) is 0 Å². The van der Waals surface area contributed by atoms with Gasteiger partial charge in [0.25, 0.3) is 0 Å². The summed E-state index contributed by atoms with van der Waals surface area (Å²) in [4.78, 5) is 9.25. The maximum atomic E-state index is 9.25. The second-order valence-corrected chi connectivity index (χ2v) is 0.573. The fourth-order valence-electron chi connectivity index (χ4n) is 0.0451. The Hall–Kier alpha value is -1.06. The third-order valence-corrected chi connectivity index (χ3v) is 0.163. The molecule has 0 unspecified atom stereocenters. The summed E-state index contributed by atoms with van der Waals surface area (Å²) in [7, 11) is 0. The molecule has 0 aromatic rings. The Morgan fingerprint density at radius 2 is 2.50 bits per heavy atom. The second-order valence-electron chi connectivity index (χ2n) is 0.573. The van der Waals surface area contributed by atoms with Crippen LogP contribution in [0.2, 0.25) is 0 Å². The zero-order valence-corrected chi connectivity index (χ0v) is 2.79. The molecule has 0 aromatic carbocycles. The van der Waals surface area contributed by atoms with Crippen LogP contribution >= 0.6 is 0 Å². The number of nitrogens with zero attached hydrogens (tertiary/aromatic N) is 1. The van der Waals surface area contributed by atoms with Gasteiger partial charge in [0.05, 0.1) is 0 Å². The fourth-order valence-corrected chi connectivity index (χ4v) is 0.0451. The maximum Gasteiger partial charge on any atom is 0.346 e. The van der Waals surface area contributed by atoms with Crippen LogP contribution in [0, 0.1) is 5.21 Å². The van der Waals surface area contributed by atoms with Crippen molar-refractivity contribution in [1.82, 2.24) is 0 Å². The molecule has 0 aliphatic heterocycles. The highest BCUT2D eigenvalue weighted by Crippen LogP contribution is 1.53. The van der Waals surface area contributed by atoms with Crippen molar-refractivity contribution in [2.45, 2.75) is 0 Å². The molecular weight excluding hydrogens is 86.0 g/mol. The third-order valence-electron chi connectivity index (χ3n) is 0.163. The predicted octanol–water partition coefficient (Wildman–Crippen LogP) is -0.360. The van der Waals surface area contributed by atoms with Gasteiger partial charge >= 0.3 is 5.97 Å². The minimum atomic E-state index is -1.31. The molecule has 0 aliphatic carbocycles. The zero-order valence-electron chi connectivity index (χ0n) is 2.79. The van der Waals surface area contributed by atoms with Crippen molar-refractivity contribution in [1.29, 1.82) is 0 Å².